The maximum atomic E-state index is 12.3. The summed E-state index contributed by atoms with van der Waals surface area (Å²) in [4.78, 5) is 36.6. The van der Waals surface area contributed by atoms with E-state index in [4.69, 9.17) is 14.2 Å². The van der Waals surface area contributed by atoms with Crippen LogP contribution in [0.1, 0.15) is 20.3 Å². The number of carbonyl (C=O) groups is 3. The molecule has 0 aromatic carbocycles. The van der Waals surface area contributed by atoms with Crippen molar-refractivity contribution >= 4 is 17.9 Å². The maximum absolute atomic E-state index is 12.3. The number of fused-ring (bicyclic) bond motifs is 2. The van der Waals surface area contributed by atoms with E-state index in [1.54, 1.807) is 32.1 Å². The number of esters is 3. The van der Waals surface area contributed by atoms with Crippen LogP contribution < -0.4 is 0 Å². The summed E-state index contributed by atoms with van der Waals surface area (Å²) in [6, 6.07) is 0. The molecule has 0 unspecified atom stereocenters. The van der Waals surface area contributed by atoms with Gasteiger partial charge in [0.2, 0.25) is 0 Å². The van der Waals surface area contributed by atoms with Gasteiger partial charge in [0.05, 0.1) is 29.9 Å². The van der Waals surface area contributed by atoms with Gasteiger partial charge < -0.3 is 14.2 Å². The van der Waals surface area contributed by atoms with Crippen molar-refractivity contribution in [2.24, 2.45) is 0 Å². The summed E-state index contributed by atoms with van der Waals surface area (Å²) in [5.74, 6) is -1.56. The van der Waals surface area contributed by atoms with Gasteiger partial charge in [-0.05, 0) is 49.6 Å². The molecule has 0 fully saturated rings. The Kier molecular flexibility index (Phi) is 4.70. The molecule has 2 bridgehead atoms. The fraction of sp³-hybridized carbons (Fsp3) is 0.316. The minimum Gasteiger partial charge on any atom is -0.462 e. The Balaban J connectivity index is 2.13. The number of hydrogen-bond acceptors (Lipinski definition) is 6. The van der Waals surface area contributed by atoms with E-state index in [-0.39, 0.29) is 36.9 Å². The highest BCUT2D eigenvalue weighted by molar-refractivity contribution is 6.08. The van der Waals surface area contributed by atoms with Crippen LogP contribution in [0.3, 0.4) is 0 Å². The third kappa shape index (κ3) is 3.33. The van der Waals surface area contributed by atoms with Crippen molar-refractivity contribution in [1.82, 2.24) is 0 Å². The molecule has 1 heterocycles. The summed E-state index contributed by atoms with van der Waals surface area (Å²) in [5, 5.41) is 0. The fourth-order valence-electron chi connectivity index (χ4n) is 2.92. The Morgan fingerprint density at radius 2 is 1.52 bits per heavy atom. The molecule has 3 aliphatic rings. The number of allylic oxidation sites excluding steroid dienone is 4. The zero-order valence-corrected chi connectivity index (χ0v) is 14.1. The normalized spacial score (nSPS) is 18.7. The van der Waals surface area contributed by atoms with Crippen LogP contribution in [0.5, 0.6) is 0 Å². The Labute approximate surface area is 145 Å². The van der Waals surface area contributed by atoms with E-state index in [1.807, 2.05) is 6.08 Å². The molecule has 2 aliphatic carbocycles. The monoisotopic (exact) mass is 342 g/mol. The Hall–Kier alpha value is -2.89. The van der Waals surface area contributed by atoms with Crippen LogP contribution in [0.2, 0.25) is 0 Å². The molecule has 0 N–H and O–H groups in total. The van der Waals surface area contributed by atoms with Gasteiger partial charge in [-0.25, -0.2) is 14.4 Å². The first kappa shape index (κ1) is 17.0. The first-order valence-corrected chi connectivity index (χ1v) is 8.13. The fourth-order valence-corrected chi connectivity index (χ4v) is 2.92. The third-order valence-electron chi connectivity index (χ3n) is 3.96. The van der Waals surface area contributed by atoms with Gasteiger partial charge in [0.1, 0.15) is 6.61 Å². The Morgan fingerprint density at radius 1 is 0.960 bits per heavy atom. The van der Waals surface area contributed by atoms with Gasteiger partial charge in [0.15, 0.2) is 0 Å². The van der Waals surface area contributed by atoms with Gasteiger partial charge in [-0.1, -0.05) is 6.08 Å². The van der Waals surface area contributed by atoms with E-state index in [2.05, 4.69) is 0 Å². The van der Waals surface area contributed by atoms with Crippen LogP contribution in [0.15, 0.2) is 57.7 Å². The molecule has 0 aromatic rings. The van der Waals surface area contributed by atoms with Gasteiger partial charge in [-0.2, -0.15) is 0 Å². The summed E-state index contributed by atoms with van der Waals surface area (Å²) in [6.07, 6.45) is 7.23. The molecule has 0 aromatic heterocycles. The molecule has 3 rings (SSSR count). The van der Waals surface area contributed by atoms with Crippen LogP contribution in [-0.2, 0) is 28.6 Å². The molecular formula is C19H18O6. The first-order valence-electron chi connectivity index (χ1n) is 8.13. The highest BCUT2D eigenvalue weighted by Gasteiger charge is 2.29. The van der Waals surface area contributed by atoms with Crippen molar-refractivity contribution in [2.75, 3.05) is 19.8 Å². The van der Waals surface area contributed by atoms with Crippen molar-refractivity contribution in [2.45, 2.75) is 20.3 Å². The van der Waals surface area contributed by atoms with Gasteiger partial charge >= 0.3 is 17.9 Å². The van der Waals surface area contributed by atoms with Crippen LogP contribution in [-0.4, -0.2) is 37.7 Å². The predicted octanol–water partition coefficient (Wildman–Crippen LogP) is 2.09. The topological polar surface area (TPSA) is 78.9 Å². The summed E-state index contributed by atoms with van der Waals surface area (Å²) in [7, 11) is 0. The Bertz CT molecular complexity index is 804. The third-order valence-corrected chi connectivity index (χ3v) is 3.96. The molecule has 1 aliphatic heterocycles. The van der Waals surface area contributed by atoms with E-state index < -0.39 is 11.9 Å². The van der Waals surface area contributed by atoms with Crippen molar-refractivity contribution < 1.29 is 28.6 Å². The smallest absolute Gasteiger partial charge is 0.339 e. The molecule has 0 atom stereocenters. The van der Waals surface area contributed by atoms with Crippen molar-refractivity contribution in [3.8, 4) is 0 Å². The number of ether oxygens (including phenoxy) is 3. The second-order valence-electron chi connectivity index (χ2n) is 5.69. The van der Waals surface area contributed by atoms with Crippen LogP contribution in [0.4, 0.5) is 0 Å². The average Bonchev–Trinajstić information content (AvgIpc) is 2.76. The van der Waals surface area contributed by atoms with Gasteiger partial charge in [-0.15, -0.1) is 0 Å². The molecule has 0 amide bonds. The average molecular weight is 342 g/mol. The zero-order chi connectivity index (χ0) is 18.0. The molecule has 6 nitrogen and oxygen atoms in total. The molecule has 130 valence electrons. The lowest BCUT2D eigenvalue weighted by Crippen LogP contribution is -2.17. The summed E-state index contributed by atoms with van der Waals surface area (Å²) in [5.41, 5.74) is 3.07. The molecule has 0 radical (unpaired) electrons. The number of rotatable bonds is 4. The number of carbonyl (C=O) groups excluding carboxylic acids is 3. The van der Waals surface area contributed by atoms with Crippen LogP contribution >= 0.6 is 0 Å². The minimum atomic E-state index is -0.599. The summed E-state index contributed by atoms with van der Waals surface area (Å²) >= 11 is 0. The second kappa shape index (κ2) is 6.93. The lowest BCUT2D eigenvalue weighted by Gasteiger charge is -2.10. The van der Waals surface area contributed by atoms with Crippen molar-refractivity contribution in [3.05, 3.63) is 57.7 Å². The van der Waals surface area contributed by atoms with Gasteiger partial charge in [0.25, 0.3) is 0 Å². The highest BCUT2D eigenvalue weighted by atomic mass is 16.5. The molecule has 6 heteroatoms. The number of hydrogen-bond donors (Lipinski definition) is 0. The predicted molar refractivity (Wildman–Crippen MR) is 88.2 cm³/mol. The number of cyclic esters (lactones) is 1. The minimum absolute atomic E-state index is 0.130. The Morgan fingerprint density at radius 3 is 2.08 bits per heavy atom. The molecule has 0 spiro atoms. The lowest BCUT2D eigenvalue weighted by molar-refractivity contribution is -0.142. The first-order chi connectivity index (χ1) is 12.0. The van der Waals surface area contributed by atoms with Crippen molar-refractivity contribution in [1.29, 1.82) is 0 Å². The largest absolute Gasteiger partial charge is 0.462 e. The second-order valence-corrected chi connectivity index (χ2v) is 5.69. The van der Waals surface area contributed by atoms with E-state index in [0.717, 1.165) is 16.7 Å². The molecular weight excluding hydrogens is 324 g/mol. The maximum Gasteiger partial charge on any atom is 0.339 e. The van der Waals surface area contributed by atoms with E-state index in [1.165, 1.54) is 0 Å². The zero-order valence-electron chi connectivity index (χ0n) is 14.1. The highest BCUT2D eigenvalue weighted by Crippen LogP contribution is 2.33. The quantitative estimate of drug-likeness (QED) is 0.575. The van der Waals surface area contributed by atoms with E-state index >= 15 is 0 Å². The molecule has 0 saturated heterocycles. The van der Waals surface area contributed by atoms with Gasteiger partial charge in [-0.3, -0.25) is 0 Å². The molecule has 0 saturated carbocycles. The summed E-state index contributed by atoms with van der Waals surface area (Å²) in [6.45, 7) is 3.99. The standard InChI is InChI=1S/C19H18O6/c1-3-23-18(21)15-8-11-5-12(9-16(15)19(22)24-4-2)7-14-13(6-11)10-25-17(14)20/h6-9H,3-5,10H2,1-2H3. The van der Waals surface area contributed by atoms with E-state index in [0.29, 0.717) is 12.0 Å². The van der Waals surface area contributed by atoms with Crippen LogP contribution in [0.25, 0.3) is 0 Å². The summed E-state index contributed by atoms with van der Waals surface area (Å²) < 4.78 is 15.2. The SMILES string of the molecule is CCOC(=O)C1=CC2=CC3=C(C=C(C=C1C(=O)OCC)C2)C(=O)OC3. The van der Waals surface area contributed by atoms with Gasteiger partial charge in [0, 0.05) is 5.57 Å². The van der Waals surface area contributed by atoms with Crippen molar-refractivity contribution in [3.63, 3.8) is 0 Å². The van der Waals surface area contributed by atoms with Crippen LogP contribution in [0, 0.1) is 0 Å². The van der Waals surface area contributed by atoms with E-state index in [9.17, 15) is 14.4 Å². The molecule has 25 heavy (non-hydrogen) atoms. The lowest BCUT2D eigenvalue weighted by atomic mass is 10.0.